The summed E-state index contributed by atoms with van der Waals surface area (Å²) in [5.74, 6) is 0. The maximum atomic E-state index is 2.42. The molecule has 0 aliphatic rings. The fourth-order valence-corrected chi connectivity index (χ4v) is 7.26. The van der Waals surface area contributed by atoms with Crippen LogP contribution in [0, 0.1) is 0 Å². The van der Waals surface area contributed by atoms with Crippen LogP contribution in [-0.2, 0) is 0 Å². The number of benzene rings is 9. The summed E-state index contributed by atoms with van der Waals surface area (Å²) in [5.41, 5.74) is 9.95. The highest BCUT2D eigenvalue weighted by molar-refractivity contribution is 6.24. The minimum Gasteiger partial charge on any atom is -0.0622 e. The smallest absolute Gasteiger partial charge is 0.00199 e. The van der Waals surface area contributed by atoms with E-state index in [4.69, 9.17) is 0 Å². The first-order valence-corrected chi connectivity index (χ1v) is 15.9. The lowest BCUT2D eigenvalue weighted by atomic mass is 9.83. The van der Waals surface area contributed by atoms with Gasteiger partial charge in [0.2, 0.25) is 0 Å². The van der Waals surface area contributed by atoms with Gasteiger partial charge in [-0.1, -0.05) is 164 Å². The van der Waals surface area contributed by atoms with E-state index in [1.807, 2.05) is 0 Å². The number of hydrogen-bond acceptors (Lipinski definition) is 0. The molecule has 9 aromatic rings. The molecular weight excluding hydrogens is 553 g/mol. The Morgan fingerprint density at radius 2 is 0.761 bits per heavy atom. The Morgan fingerprint density at radius 1 is 0.217 bits per heavy atom. The summed E-state index contributed by atoms with van der Waals surface area (Å²) < 4.78 is 0. The van der Waals surface area contributed by atoms with Crippen molar-refractivity contribution in [1.29, 1.82) is 0 Å². The normalized spacial score (nSPS) is 11.5. The van der Waals surface area contributed by atoms with Gasteiger partial charge in [0, 0.05) is 0 Å². The predicted octanol–water partition coefficient (Wildman–Crippen LogP) is 13.0. The zero-order valence-corrected chi connectivity index (χ0v) is 25.3. The van der Waals surface area contributed by atoms with Crippen molar-refractivity contribution >= 4 is 43.1 Å². The van der Waals surface area contributed by atoms with Crippen molar-refractivity contribution in [3.63, 3.8) is 0 Å². The topological polar surface area (TPSA) is 0 Å². The van der Waals surface area contributed by atoms with E-state index in [9.17, 15) is 0 Å². The van der Waals surface area contributed by atoms with Crippen LogP contribution in [0.4, 0.5) is 0 Å². The van der Waals surface area contributed by atoms with Crippen LogP contribution in [0.5, 0.6) is 0 Å². The lowest BCUT2D eigenvalue weighted by molar-refractivity contribution is 1.61. The number of rotatable bonds is 4. The summed E-state index contributed by atoms with van der Waals surface area (Å²) in [6, 6.07) is 66.6. The number of fused-ring (bicyclic) bond motifs is 4. The van der Waals surface area contributed by atoms with Gasteiger partial charge in [-0.05, 0) is 106 Å². The van der Waals surface area contributed by atoms with Crippen molar-refractivity contribution in [1.82, 2.24) is 0 Å². The van der Waals surface area contributed by atoms with Crippen LogP contribution in [0.1, 0.15) is 0 Å². The first-order chi connectivity index (χ1) is 22.8. The lowest BCUT2D eigenvalue weighted by Gasteiger charge is -2.20. The Balaban J connectivity index is 1.39. The molecule has 0 N–H and O–H groups in total. The van der Waals surface area contributed by atoms with Crippen LogP contribution in [0.2, 0.25) is 0 Å². The summed E-state index contributed by atoms with van der Waals surface area (Å²) >= 11 is 0. The van der Waals surface area contributed by atoms with Crippen molar-refractivity contribution in [2.75, 3.05) is 0 Å². The molecule has 214 valence electrons. The molecule has 0 aromatic heterocycles. The largest absolute Gasteiger partial charge is 0.0622 e. The molecule has 0 unspecified atom stereocenters. The van der Waals surface area contributed by atoms with Crippen LogP contribution in [0.25, 0.3) is 87.6 Å². The van der Waals surface area contributed by atoms with E-state index in [0.29, 0.717) is 0 Å². The van der Waals surface area contributed by atoms with E-state index < -0.39 is 0 Å². The van der Waals surface area contributed by atoms with E-state index in [-0.39, 0.29) is 0 Å². The Kier molecular flexibility index (Phi) is 6.25. The molecule has 9 rings (SSSR count). The summed E-state index contributed by atoms with van der Waals surface area (Å²) in [5, 5.41) is 10.1. The molecule has 0 aliphatic carbocycles. The molecule has 0 heteroatoms. The summed E-state index contributed by atoms with van der Waals surface area (Å²) in [7, 11) is 0. The van der Waals surface area contributed by atoms with Gasteiger partial charge in [0.25, 0.3) is 0 Å². The van der Waals surface area contributed by atoms with Gasteiger partial charge in [-0.15, -0.1) is 0 Å². The molecule has 0 radical (unpaired) electrons. The van der Waals surface area contributed by atoms with Gasteiger partial charge >= 0.3 is 0 Å². The predicted molar refractivity (Wildman–Crippen MR) is 198 cm³/mol. The van der Waals surface area contributed by atoms with Crippen molar-refractivity contribution in [3.05, 3.63) is 182 Å². The fraction of sp³-hybridized carbons (Fsp3) is 0. The first kappa shape index (κ1) is 26.4. The lowest BCUT2D eigenvalue weighted by Crippen LogP contribution is -1.93. The minimum absolute atomic E-state index is 1.22. The van der Waals surface area contributed by atoms with Gasteiger partial charge in [-0.25, -0.2) is 0 Å². The molecule has 0 aliphatic heterocycles. The summed E-state index contributed by atoms with van der Waals surface area (Å²) in [6.07, 6.45) is 0. The van der Waals surface area contributed by atoms with Gasteiger partial charge in [0.15, 0.2) is 0 Å². The quantitative estimate of drug-likeness (QED) is 0.181. The van der Waals surface area contributed by atoms with Crippen LogP contribution < -0.4 is 0 Å². The maximum absolute atomic E-state index is 2.42. The summed E-state index contributed by atoms with van der Waals surface area (Å²) in [4.78, 5) is 0. The molecule has 0 bridgehead atoms. The molecular formula is C46H30. The third kappa shape index (κ3) is 4.38. The highest BCUT2D eigenvalue weighted by atomic mass is 14.2. The monoisotopic (exact) mass is 582 g/mol. The third-order valence-electron chi connectivity index (χ3n) is 9.42. The zero-order valence-electron chi connectivity index (χ0n) is 25.3. The Bertz CT molecular complexity index is 2570. The molecule has 0 saturated heterocycles. The Hall–Kier alpha value is -5.98. The Labute approximate surface area is 268 Å². The first-order valence-electron chi connectivity index (χ1n) is 15.9. The van der Waals surface area contributed by atoms with Crippen molar-refractivity contribution in [2.24, 2.45) is 0 Å². The Morgan fingerprint density at radius 3 is 1.61 bits per heavy atom. The second-order valence-corrected chi connectivity index (χ2v) is 12.1. The van der Waals surface area contributed by atoms with Gasteiger partial charge < -0.3 is 0 Å². The summed E-state index contributed by atoms with van der Waals surface area (Å²) in [6.45, 7) is 0. The van der Waals surface area contributed by atoms with E-state index in [1.54, 1.807) is 0 Å². The van der Waals surface area contributed by atoms with Crippen molar-refractivity contribution in [2.45, 2.75) is 0 Å². The highest BCUT2D eigenvalue weighted by Crippen LogP contribution is 2.46. The second kappa shape index (κ2) is 10.9. The van der Waals surface area contributed by atoms with Crippen LogP contribution in [-0.4, -0.2) is 0 Å². The van der Waals surface area contributed by atoms with E-state index in [0.717, 1.165) is 0 Å². The highest BCUT2D eigenvalue weighted by Gasteiger charge is 2.19. The van der Waals surface area contributed by atoms with Crippen molar-refractivity contribution in [3.8, 4) is 44.5 Å². The molecule has 0 amide bonds. The van der Waals surface area contributed by atoms with Gasteiger partial charge in [0.1, 0.15) is 0 Å². The van der Waals surface area contributed by atoms with Crippen LogP contribution >= 0.6 is 0 Å². The van der Waals surface area contributed by atoms with E-state index >= 15 is 0 Å². The molecule has 0 nitrogen and oxygen atoms in total. The average molecular weight is 583 g/mol. The average Bonchev–Trinajstić information content (AvgIpc) is 3.13. The molecule has 0 heterocycles. The molecule has 46 heavy (non-hydrogen) atoms. The molecule has 0 fully saturated rings. The SMILES string of the molecule is c1ccc(-c2cccc(-c3c4ccccc4c(-c4cccc5ccccc45)c4cc(-c5ccc6ccccc6c5)ccc34)c2)cc1. The van der Waals surface area contributed by atoms with Crippen molar-refractivity contribution < 1.29 is 0 Å². The molecule has 0 spiro atoms. The van der Waals surface area contributed by atoms with Crippen LogP contribution in [0.15, 0.2) is 182 Å². The number of hydrogen-bond donors (Lipinski definition) is 0. The fourth-order valence-electron chi connectivity index (χ4n) is 7.26. The van der Waals surface area contributed by atoms with Gasteiger partial charge in [-0.3, -0.25) is 0 Å². The molecule has 0 saturated carbocycles. The third-order valence-corrected chi connectivity index (χ3v) is 9.42. The van der Waals surface area contributed by atoms with Gasteiger partial charge in [0.05, 0.1) is 0 Å². The van der Waals surface area contributed by atoms with Gasteiger partial charge in [-0.2, -0.15) is 0 Å². The molecule has 9 aromatic carbocycles. The molecule has 0 atom stereocenters. The zero-order chi connectivity index (χ0) is 30.5. The minimum atomic E-state index is 1.22. The van der Waals surface area contributed by atoms with E-state index in [2.05, 4.69) is 182 Å². The second-order valence-electron chi connectivity index (χ2n) is 12.1. The van der Waals surface area contributed by atoms with Crippen LogP contribution in [0.3, 0.4) is 0 Å². The maximum Gasteiger partial charge on any atom is -0.00199 e. The standard InChI is InChI=1S/C46H30/c1-2-12-31(13-3-1)35-18-10-19-38(29-35)45-41-21-8-9-22-42(41)46(40-23-11-17-33-15-6-7-20-39(33)40)44-30-37(26-27-43(44)45)36-25-24-32-14-4-5-16-34(32)28-36/h1-30H. The van der Waals surface area contributed by atoms with E-state index in [1.165, 1.54) is 87.6 Å².